The molecule has 2 aliphatic carbocycles. The number of rotatable bonds is 0. The second kappa shape index (κ2) is 16.5. The van der Waals surface area contributed by atoms with Crippen molar-refractivity contribution in [1.29, 1.82) is 0 Å². The smallest absolute Gasteiger partial charge is 1.00 e. The molecule has 0 fully saturated rings. The molecular formula is C18H29Cl2HfSi. The van der Waals surface area contributed by atoms with Gasteiger partial charge < -0.3 is 24.8 Å². The molecule has 4 heteroatoms. The predicted molar refractivity (Wildman–Crippen MR) is 89.7 cm³/mol. The molecule has 0 spiro atoms. The molecule has 1 radical (unpaired) electrons. The van der Waals surface area contributed by atoms with Crippen LogP contribution in [0.4, 0.5) is 0 Å². The first kappa shape index (κ1) is 30.5. The van der Waals surface area contributed by atoms with Gasteiger partial charge >= 0.3 is 25.8 Å². The van der Waals surface area contributed by atoms with Crippen LogP contribution in [0.1, 0.15) is 54.4 Å². The first-order chi connectivity index (χ1) is 8.84. The van der Waals surface area contributed by atoms with Crippen molar-refractivity contribution in [1.82, 2.24) is 0 Å². The van der Waals surface area contributed by atoms with Gasteiger partial charge in [0.05, 0.1) is 0 Å². The Balaban J connectivity index is -0.000000112. The summed E-state index contributed by atoms with van der Waals surface area (Å²) in [5.74, 6) is 0. The van der Waals surface area contributed by atoms with Crippen molar-refractivity contribution in [3.8, 4) is 0 Å². The average Bonchev–Trinajstić information content (AvgIpc) is 2.82. The third-order valence-corrected chi connectivity index (χ3v) is 3.64. The molecule has 0 N–H and O–H groups in total. The van der Waals surface area contributed by atoms with Crippen LogP contribution in [0.25, 0.3) is 0 Å². The zero-order chi connectivity index (χ0) is 15.0. The Morgan fingerprint density at radius 3 is 0.955 bits per heavy atom. The minimum atomic E-state index is 0. The molecule has 22 heavy (non-hydrogen) atoms. The second-order valence-corrected chi connectivity index (χ2v) is 6.50. The van der Waals surface area contributed by atoms with E-state index in [0.29, 0.717) is 0 Å². The van der Waals surface area contributed by atoms with Crippen LogP contribution in [-0.4, -0.2) is 9.52 Å². The van der Waals surface area contributed by atoms with E-state index in [2.05, 4.69) is 66.8 Å². The van der Waals surface area contributed by atoms with E-state index < -0.39 is 0 Å². The third kappa shape index (κ3) is 11.2. The largest absolute Gasteiger partial charge is 4.00 e. The number of halogens is 2. The van der Waals surface area contributed by atoms with Crippen molar-refractivity contribution in [2.24, 2.45) is 0 Å². The first-order valence-corrected chi connectivity index (χ1v) is 9.38. The van der Waals surface area contributed by atoms with Gasteiger partial charge in [-0.3, -0.25) is 12.2 Å². The van der Waals surface area contributed by atoms with Crippen molar-refractivity contribution >= 4 is 9.52 Å². The maximum atomic E-state index is 3.26. The molecule has 123 valence electrons. The number of hydrogen-bond acceptors (Lipinski definition) is 0. The maximum absolute atomic E-state index is 3.26. The molecular weight excluding hydrogens is 494 g/mol. The Morgan fingerprint density at radius 1 is 0.682 bits per heavy atom. The van der Waals surface area contributed by atoms with E-state index in [-0.39, 0.29) is 50.7 Å². The summed E-state index contributed by atoms with van der Waals surface area (Å²) < 4.78 is 0. The molecule has 0 aliphatic heterocycles. The second-order valence-electron chi connectivity index (χ2n) is 5.35. The monoisotopic (exact) mass is 523 g/mol. The zero-order valence-corrected chi connectivity index (χ0v) is 21.5. The van der Waals surface area contributed by atoms with Crippen molar-refractivity contribution in [3.63, 3.8) is 0 Å². The molecule has 0 aromatic carbocycles. The van der Waals surface area contributed by atoms with Gasteiger partial charge in [0.25, 0.3) is 0 Å². The van der Waals surface area contributed by atoms with Gasteiger partial charge in [0, 0.05) is 9.52 Å². The summed E-state index contributed by atoms with van der Waals surface area (Å²) in [6.07, 6.45) is 8.63. The molecule has 2 rings (SSSR count). The zero-order valence-electron chi connectivity index (χ0n) is 15.2. The Bertz CT molecular complexity index is 381. The first-order valence-electron chi connectivity index (χ1n) is 7.07. The summed E-state index contributed by atoms with van der Waals surface area (Å²) in [6, 6.07) is 0. The average molecular weight is 523 g/mol. The van der Waals surface area contributed by atoms with E-state index in [1.165, 1.54) is 33.4 Å². The molecule has 0 atom stereocenters. The molecule has 0 aromatic rings. The summed E-state index contributed by atoms with van der Waals surface area (Å²) in [5.41, 5.74) is 8.49. The summed E-state index contributed by atoms with van der Waals surface area (Å²) in [7, 11) is 0.750. The van der Waals surface area contributed by atoms with Gasteiger partial charge in [-0.1, -0.05) is 40.8 Å². The third-order valence-electron chi connectivity index (χ3n) is 3.64. The van der Waals surface area contributed by atoms with E-state index in [0.717, 1.165) is 22.4 Å². The molecule has 0 bridgehead atoms. The van der Waals surface area contributed by atoms with Crippen LogP contribution in [0, 0.1) is 12.2 Å². The van der Waals surface area contributed by atoms with E-state index in [1.807, 2.05) is 0 Å². The standard InChI is InChI=1S/2C8H11.C2H7Si.2ClH.Hf/c2*1-6-4-5-7(2)8(6)3;1-3-2;;;/h2*4H2,1-3H3;3H,1-2H3;2*1H;/q2*-1;;;;+4/p-2. The van der Waals surface area contributed by atoms with Crippen LogP contribution in [0.15, 0.2) is 33.4 Å². The van der Waals surface area contributed by atoms with Crippen LogP contribution in [0.2, 0.25) is 13.1 Å². The van der Waals surface area contributed by atoms with Crippen molar-refractivity contribution in [2.75, 3.05) is 0 Å². The molecule has 2 aliphatic rings. The maximum Gasteiger partial charge on any atom is 4.00 e. The van der Waals surface area contributed by atoms with Crippen LogP contribution >= 0.6 is 0 Å². The quantitative estimate of drug-likeness (QED) is 0.297. The molecule has 0 heterocycles. The Kier molecular flexibility index (Phi) is 22.9. The molecule has 0 saturated heterocycles. The molecule has 0 saturated carbocycles. The fourth-order valence-electron chi connectivity index (χ4n) is 1.70. The van der Waals surface area contributed by atoms with Crippen molar-refractivity contribution in [2.45, 2.75) is 67.5 Å². The Labute approximate surface area is 172 Å². The molecule has 0 amide bonds. The van der Waals surface area contributed by atoms with Gasteiger partial charge in [0.2, 0.25) is 0 Å². The molecule has 0 aromatic heterocycles. The topological polar surface area (TPSA) is 0 Å². The van der Waals surface area contributed by atoms with Gasteiger partial charge in [0.15, 0.2) is 0 Å². The fraction of sp³-hybridized carbons (Fsp3) is 0.556. The van der Waals surface area contributed by atoms with Gasteiger partial charge in [-0.2, -0.15) is 22.3 Å². The number of hydrogen-bond donors (Lipinski definition) is 0. The van der Waals surface area contributed by atoms with Crippen LogP contribution < -0.4 is 24.8 Å². The van der Waals surface area contributed by atoms with E-state index in [4.69, 9.17) is 0 Å². The molecule has 0 unspecified atom stereocenters. The van der Waals surface area contributed by atoms with E-state index in [9.17, 15) is 0 Å². The van der Waals surface area contributed by atoms with Gasteiger partial charge in [-0.15, -0.1) is 26.7 Å². The van der Waals surface area contributed by atoms with Gasteiger partial charge in [-0.05, 0) is 0 Å². The van der Waals surface area contributed by atoms with E-state index in [1.54, 1.807) is 0 Å². The fourth-order valence-corrected chi connectivity index (χ4v) is 1.70. The Hall–Kier alpha value is 0.627. The summed E-state index contributed by atoms with van der Waals surface area (Å²) in [6.45, 7) is 17.3. The van der Waals surface area contributed by atoms with Gasteiger partial charge in [-0.25, -0.2) is 11.1 Å². The minimum Gasteiger partial charge on any atom is -1.00 e. The van der Waals surface area contributed by atoms with Crippen molar-refractivity contribution < 1.29 is 50.7 Å². The normalized spacial score (nSPS) is 15.1. The minimum absolute atomic E-state index is 0. The van der Waals surface area contributed by atoms with Crippen LogP contribution in [0.3, 0.4) is 0 Å². The van der Waals surface area contributed by atoms with Crippen molar-refractivity contribution in [3.05, 3.63) is 45.6 Å². The van der Waals surface area contributed by atoms with E-state index >= 15 is 0 Å². The molecule has 0 nitrogen and oxygen atoms in total. The predicted octanol–water partition coefficient (Wildman–Crippen LogP) is -0.523. The van der Waals surface area contributed by atoms with Crippen LogP contribution in [0.5, 0.6) is 0 Å². The summed E-state index contributed by atoms with van der Waals surface area (Å²) >= 11 is 0. The number of allylic oxidation sites excluding steroid dienone is 8. The SMILES string of the molecule is CC1=[C-]CC(C)=C1C.CC1=[C-]CC(C)=C1C.C[SiH]C.[Cl-].[Cl-].[Hf+4]. The van der Waals surface area contributed by atoms with Gasteiger partial charge in [0.1, 0.15) is 0 Å². The summed E-state index contributed by atoms with van der Waals surface area (Å²) in [4.78, 5) is 0. The van der Waals surface area contributed by atoms with Crippen LogP contribution in [-0.2, 0) is 25.8 Å². The Morgan fingerprint density at radius 2 is 0.909 bits per heavy atom. The summed E-state index contributed by atoms with van der Waals surface area (Å²) in [5, 5.41) is 0.